The molecule has 0 fully saturated rings. The van der Waals surface area contributed by atoms with Gasteiger partial charge in [-0.2, -0.15) is 0 Å². The van der Waals surface area contributed by atoms with Crippen LogP contribution in [0.5, 0.6) is 5.06 Å². The van der Waals surface area contributed by atoms with Gasteiger partial charge in [0.2, 0.25) is 0 Å². The van der Waals surface area contributed by atoms with Crippen molar-refractivity contribution in [2.45, 2.75) is 13.3 Å². The van der Waals surface area contributed by atoms with Crippen LogP contribution in [0.3, 0.4) is 0 Å². The number of halogens is 1. The minimum Gasteiger partial charge on any atom is -0.487 e. The van der Waals surface area contributed by atoms with E-state index in [0.717, 1.165) is 16.0 Å². The lowest BCUT2D eigenvalue weighted by Gasteiger charge is -1.98. The van der Waals surface area contributed by atoms with Gasteiger partial charge in [-0.3, -0.25) is 0 Å². The van der Waals surface area contributed by atoms with Gasteiger partial charge >= 0.3 is 0 Å². The third-order valence-electron chi connectivity index (χ3n) is 2.27. The molecule has 0 amide bonds. The molecule has 1 nitrogen and oxygen atoms in total. The van der Waals surface area contributed by atoms with Crippen molar-refractivity contribution in [3.63, 3.8) is 0 Å². The van der Waals surface area contributed by atoms with Crippen LogP contribution in [0.4, 0.5) is 0 Å². The van der Waals surface area contributed by atoms with E-state index in [4.69, 9.17) is 4.74 Å². The summed E-state index contributed by atoms with van der Waals surface area (Å²) in [5.74, 6) is 0. The minimum absolute atomic E-state index is 1.01. The second-order valence-electron chi connectivity index (χ2n) is 3.04. The van der Waals surface area contributed by atoms with E-state index in [0.29, 0.717) is 0 Å². The molecular formula is C11H11BrOS. The number of methoxy groups -OCH3 is 1. The highest BCUT2D eigenvalue weighted by molar-refractivity contribution is 9.10. The molecule has 2 aromatic rings. The molecule has 0 saturated carbocycles. The fourth-order valence-corrected chi connectivity index (χ4v) is 3.34. The van der Waals surface area contributed by atoms with Gasteiger partial charge < -0.3 is 4.74 Å². The number of rotatable bonds is 2. The van der Waals surface area contributed by atoms with Crippen molar-refractivity contribution in [2.24, 2.45) is 0 Å². The number of fused-ring (bicyclic) bond motifs is 1. The fraction of sp³-hybridized carbons (Fsp3) is 0.273. The van der Waals surface area contributed by atoms with E-state index in [1.54, 1.807) is 18.4 Å². The first-order valence-corrected chi connectivity index (χ1v) is 6.12. The predicted octanol–water partition coefficient (Wildman–Crippen LogP) is 4.23. The normalized spacial score (nSPS) is 10.8. The summed E-state index contributed by atoms with van der Waals surface area (Å²) < 4.78 is 7.80. The van der Waals surface area contributed by atoms with Crippen LogP contribution in [0.2, 0.25) is 0 Å². The zero-order valence-electron chi connectivity index (χ0n) is 8.13. The summed E-state index contributed by atoms with van der Waals surface area (Å²) in [5, 5.41) is 2.35. The van der Waals surface area contributed by atoms with Crippen LogP contribution in [0, 0.1) is 0 Å². The maximum Gasteiger partial charge on any atom is 0.177 e. The summed E-state index contributed by atoms with van der Waals surface area (Å²) in [5.41, 5.74) is 1.31. The summed E-state index contributed by atoms with van der Waals surface area (Å²) in [4.78, 5) is 0. The monoisotopic (exact) mass is 270 g/mol. The van der Waals surface area contributed by atoms with Crippen LogP contribution < -0.4 is 4.74 Å². The van der Waals surface area contributed by atoms with Gasteiger partial charge in [0, 0.05) is 15.4 Å². The first kappa shape index (κ1) is 9.99. The molecule has 0 spiro atoms. The molecule has 1 heterocycles. The number of hydrogen-bond donors (Lipinski definition) is 0. The molecular weight excluding hydrogens is 260 g/mol. The molecule has 3 heteroatoms. The van der Waals surface area contributed by atoms with E-state index >= 15 is 0 Å². The molecule has 1 aromatic carbocycles. The Balaban J connectivity index is 2.79. The molecule has 0 unspecified atom stereocenters. The van der Waals surface area contributed by atoms with E-state index in [1.807, 2.05) is 0 Å². The van der Waals surface area contributed by atoms with Gasteiger partial charge in [0.25, 0.3) is 0 Å². The highest BCUT2D eigenvalue weighted by Crippen LogP contribution is 2.41. The zero-order chi connectivity index (χ0) is 10.1. The Morgan fingerprint density at radius 2 is 2.21 bits per heavy atom. The number of ether oxygens (including phenoxy) is 1. The standard InChI is InChI=1S/C11H11BrOS/c1-3-7-8-5-4-6-9(12)10(8)14-11(7)13-2/h4-6H,3H2,1-2H3. The van der Waals surface area contributed by atoms with Gasteiger partial charge in [-0.25, -0.2) is 0 Å². The number of benzene rings is 1. The van der Waals surface area contributed by atoms with Gasteiger partial charge in [0.05, 0.1) is 11.8 Å². The van der Waals surface area contributed by atoms with E-state index in [9.17, 15) is 0 Å². The lowest BCUT2D eigenvalue weighted by Crippen LogP contribution is -1.84. The molecule has 0 bridgehead atoms. The average Bonchev–Trinajstić information content (AvgIpc) is 2.57. The quantitative estimate of drug-likeness (QED) is 0.794. The fourth-order valence-electron chi connectivity index (χ4n) is 1.61. The number of thiophene rings is 1. The Morgan fingerprint density at radius 1 is 1.43 bits per heavy atom. The van der Waals surface area contributed by atoms with Gasteiger partial charge in [-0.15, -0.1) is 0 Å². The molecule has 74 valence electrons. The third kappa shape index (κ3) is 1.44. The second-order valence-corrected chi connectivity index (χ2v) is 4.88. The smallest absolute Gasteiger partial charge is 0.177 e. The van der Waals surface area contributed by atoms with Crippen molar-refractivity contribution in [3.8, 4) is 5.06 Å². The maximum absolute atomic E-state index is 5.37. The number of aryl methyl sites for hydroxylation is 1. The summed E-state index contributed by atoms with van der Waals surface area (Å²) in [6.07, 6.45) is 1.01. The topological polar surface area (TPSA) is 9.23 Å². The van der Waals surface area contributed by atoms with E-state index in [1.165, 1.54) is 15.6 Å². The maximum atomic E-state index is 5.37. The van der Waals surface area contributed by atoms with Crippen LogP contribution in [-0.4, -0.2) is 7.11 Å². The Labute approximate surface area is 95.8 Å². The van der Waals surface area contributed by atoms with Crippen LogP contribution in [-0.2, 0) is 6.42 Å². The molecule has 0 aliphatic carbocycles. The molecule has 0 aliphatic rings. The molecule has 0 radical (unpaired) electrons. The van der Waals surface area contributed by atoms with Crippen LogP contribution in [0.25, 0.3) is 10.1 Å². The molecule has 2 rings (SSSR count). The van der Waals surface area contributed by atoms with Crippen LogP contribution in [0.1, 0.15) is 12.5 Å². The van der Waals surface area contributed by atoms with Crippen molar-refractivity contribution < 1.29 is 4.74 Å². The predicted molar refractivity (Wildman–Crippen MR) is 65.5 cm³/mol. The molecule has 0 saturated heterocycles. The van der Waals surface area contributed by atoms with Gasteiger partial charge in [-0.1, -0.05) is 30.4 Å². The second kappa shape index (κ2) is 3.91. The first-order chi connectivity index (χ1) is 6.77. The third-order valence-corrected chi connectivity index (χ3v) is 4.44. The van der Waals surface area contributed by atoms with Crippen molar-refractivity contribution in [1.29, 1.82) is 0 Å². The van der Waals surface area contributed by atoms with E-state index in [2.05, 4.69) is 41.1 Å². The summed E-state index contributed by atoms with van der Waals surface area (Å²) in [7, 11) is 1.73. The number of hydrogen-bond acceptors (Lipinski definition) is 2. The minimum atomic E-state index is 1.01. The van der Waals surface area contributed by atoms with E-state index < -0.39 is 0 Å². The van der Waals surface area contributed by atoms with Crippen molar-refractivity contribution in [1.82, 2.24) is 0 Å². The summed E-state index contributed by atoms with van der Waals surface area (Å²) in [6, 6.07) is 6.29. The molecule has 0 aliphatic heterocycles. The van der Waals surface area contributed by atoms with Crippen LogP contribution >= 0.6 is 27.3 Å². The Kier molecular flexibility index (Phi) is 2.79. The largest absolute Gasteiger partial charge is 0.487 e. The van der Waals surface area contributed by atoms with Crippen molar-refractivity contribution in [2.75, 3.05) is 7.11 Å². The lowest BCUT2D eigenvalue weighted by atomic mass is 10.1. The molecule has 14 heavy (non-hydrogen) atoms. The van der Waals surface area contributed by atoms with E-state index in [-0.39, 0.29) is 0 Å². The Bertz CT molecular complexity index is 462. The van der Waals surface area contributed by atoms with Gasteiger partial charge in [-0.05, 0) is 28.4 Å². The SMILES string of the molecule is CCc1c(OC)sc2c(Br)cccc12. The lowest BCUT2D eigenvalue weighted by molar-refractivity contribution is 0.423. The molecule has 0 atom stereocenters. The summed E-state index contributed by atoms with van der Waals surface area (Å²) >= 11 is 5.26. The highest BCUT2D eigenvalue weighted by Gasteiger charge is 2.12. The molecule has 1 aromatic heterocycles. The highest BCUT2D eigenvalue weighted by atomic mass is 79.9. The summed E-state index contributed by atoms with van der Waals surface area (Å²) in [6.45, 7) is 2.16. The first-order valence-electron chi connectivity index (χ1n) is 4.51. The van der Waals surface area contributed by atoms with Crippen molar-refractivity contribution in [3.05, 3.63) is 28.2 Å². The van der Waals surface area contributed by atoms with Gasteiger partial charge in [0.1, 0.15) is 0 Å². The molecule has 0 N–H and O–H groups in total. The van der Waals surface area contributed by atoms with Crippen LogP contribution in [0.15, 0.2) is 22.7 Å². The Hall–Kier alpha value is -0.540. The van der Waals surface area contributed by atoms with Crippen molar-refractivity contribution >= 4 is 37.4 Å². The zero-order valence-corrected chi connectivity index (χ0v) is 10.5. The average molecular weight is 271 g/mol. The van der Waals surface area contributed by atoms with Gasteiger partial charge in [0.15, 0.2) is 5.06 Å². The Morgan fingerprint density at radius 3 is 2.86 bits per heavy atom.